The number of hydrogen-bond donors (Lipinski definition) is 3. The first-order chi connectivity index (χ1) is 26.1. The molecule has 0 bridgehead atoms. The lowest BCUT2D eigenvalue weighted by Gasteiger charge is -2.47. The maximum absolute atomic E-state index is 13.2. The fraction of sp³-hybridized carbons (Fsp3) is 0.325. The number of nitrogens with one attached hydrogen (secondary N) is 3. The fourth-order valence-electron chi connectivity index (χ4n) is 8.13. The van der Waals surface area contributed by atoms with E-state index in [1.54, 1.807) is 23.0 Å². The topological polar surface area (TPSA) is 158 Å². The summed E-state index contributed by atoms with van der Waals surface area (Å²) < 4.78 is 1.77. The van der Waals surface area contributed by atoms with Crippen molar-refractivity contribution in [3.05, 3.63) is 94.7 Å². The Kier molecular flexibility index (Phi) is 8.14. The predicted molar refractivity (Wildman–Crippen MR) is 203 cm³/mol. The summed E-state index contributed by atoms with van der Waals surface area (Å²) in [5, 5.41) is 14.6. The van der Waals surface area contributed by atoms with Gasteiger partial charge in [0.05, 0.1) is 16.5 Å². The molecule has 3 aromatic carbocycles. The summed E-state index contributed by atoms with van der Waals surface area (Å²) in [4.78, 5) is 65.3. The molecule has 3 N–H and O–H groups in total. The van der Waals surface area contributed by atoms with Crippen LogP contribution in [0, 0.1) is 19.8 Å². The van der Waals surface area contributed by atoms with E-state index in [1.165, 1.54) is 5.56 Å². The number of aryl methyl sites for hydroxylation is 3. The van der Waals surface area contributed by atoms with Crippen molar-refractivity contribution in [1.82, 2.24) is 34.9 Å². The number of amides is 4. The van der Waals surface area contributed by atoms with Gasteiger partial charge in [-0.2, -0.15) is 10.1 Å². The van der Waals surface area contributed by atoms with Crippen LogP contribution in [0.15, 0.2) is 66.9 Å². The van der Waals surface area contributed by atoms with Crippen molar-refractivity contribution in [1.29, 1.82) is 0 Å². The second-order valence-corrected chi connectivity index (χ2v) is 14.9. The molecule has 3 saturated heterocycles. The highest BCUT2D eigenvalue weighted by Crippen LogP contribution is 2.35. The van der Waals surface area contributed by atoms with Crippen molar-refractivity contribution in [3.8, 4) is 0 Å². The van der Waals surface area contributed by atoms with Crippen LogP contribution in [0.5, 0.6) is 0 Å². The minimum absolute atomic E-state index is 0.0993. The average Bonchev–Trinajstić information content (AvgIpc) is 3.56. The fourth-order valence-corrected chi connectivity index (χ4v) is 8.13. The summed E-state index contributed by atoms with van der Waals surface area (Å²) in [5.41, 5.74) is 7.81. The number of hydrogen-bond acceptors (Lipinski definition) is 11. The van der Waals surface area contributed by atoms with Crippen LogP contribution in [-0.2, 0) is 16.6 Å². The van der Waals surface area contributed by atoms with Crippen molar-refractivity contribution >= 4 is 63.5 Å². The first-order valence-corrected chi connectivity index (χ1v) is 18.3. The molecular formula is C40H40N10O4. The van der Waals surface area contributed by atoms with E-state index in [9.17, 15) is 19.2 Å². The van der Waals surface area contributed by atoms with Crippen LogP contribution in [0.3, 0.4) is 0 Å². The summed E-state index contributed by atoms with van der Waals surface area (Å²) in [7, 11) is 1.88. The number of carbonyl (C=O) groups excluding carboxylic acids is 4. The van der Waals surface area contributed by atoms with E-state index in [4.69, 9.17) is 4.98 Å². The van der Waals surface area contributed by atoms with Crippen molar-refractivity contribution in [2.24, 2.45) is 13.0 Å². The van der Waals surface area contributed by atoms with E-state index in [-0.39, 0.29) is 18.7 Å². The maximum Gasteiger partial charge on any atom is 0.262 e. The number of likely N-dealkylation sites (tertiary alicyclic amines) is 1. The van der Waals surface area contributed by atoms with Crippen molar-refractivity contribution < 1.29 is 19.2 Å². The number of aromatic nitrogens is 4. The number of imide groups is 2. The van der Waals surface area contributed by atoms with Crippen LogP contribution in [0.4, 0.5) is 28.8 Å². The summed E-state index contributed by atoms with van der Waals surface area (Å²) >= 11 is 0. The lowest BCUT2D eigenvalue weighted by molar-refractivity contribution is -0.136. The second kappa shape index (κ2) is 13.1. The molecule has 4 aliphatic heterocycles. The van der Waals surface area contributed by atoms with Gasteiger partial charge in [0.1, 0.15) is 6.04 Å². The molecule has 1 unspecified atom stereocenters. The second-order valence-electron chi connectivity index (χ2n) is 14.9. The van der Waals surface area contributed by atoms with Gasteiger partial charge in [-0.05, 0) is 67.3 Å². The van der Waals surface area contributed by atoms with Gasteiger partial charge in [0.2, 0.25) is 17.8 Å². The third kappa shape index (κ3) is 5.92. The number of nitrogens with zero attached hydrogens (tertiary/aromatic N) is 7. The van der Waals surface area contributed by atoms with Gasteiger partial charge in [-0.25, -0.2) is 9.67 Å². The van der Waals surface area contributed by atoms with E-state index < -0.39 is 23.8 Å². The molecule has 4 aliphatic rings. The number of carbonyl (C=O) groups is 4. The Bertz CT molecular complexity index is 2340. The van der Waals surface area contributed by atoms with Crippen LogP contribution < -0.4 is 20.9 Å². The third-order valence-electron chi connectivity index (χ3n) is 11.2. The molecular weight excluding hydrogens is 685 g/mol. The van der Waals surface area contributed by atoms with Crippen LogP contribution in [0.25, 0.3) is 11.0 Å². The number of fused-ring (bicyclic) bond motifs is 2. The van der Waals surface area contributed by atoms with Gasteiger partial charge in [-0.1, -0.05) is 30.3 Å². The highest BCUT2D eigenvalue weighted by atomic mass is 16.2. The van der Waals surface area contributed by atoms with E-state index in [0.717, 1.165) is 82.7 Å². The Morgan fingerprint density at radius 3 is 2.35 bits per heavy atom. The predicted octanol–water partition coefficient (Wildman–Crippen LogP) is 4.40. The monoisotopic (exact) mass is 724 g/mol. The standard InChI is InChI=1S/C40H40N10O4/c1-22-5-4-6-23(2)34(22)44-35-31-16-41-40(45-36(31)47(3)46-35)42-27-9-7-25(8-10-27)26-20-48(21-26)17-24-18-49(19-24)28-11-12-29-30(15-28)39(54)50(38(29)53)32-13-14-33(51)43-37(32)52/h4-12,15-16,24,26,32H,13-14,17-21H2,1-3H3,(H,44,46)(H,41,42,45)(H,43,51,52). The molecule has 5 aromatic rings. The van der Waals surface area contributed by atoms with Gasteiger partial charge in [-0.3, -0.25) is 29.4 Å². The number of benzene rings is 3. The highest BCUT2D eigenvalue weighted by Gasteiger charge is 2.45. The zero-order chi connectivity index (χ0) is 37.2. The number of rotatable bonds is 9. The lowest BCUT2D eigenvalue weighted by atomic mass is 9.89. The smallest absolute Gasteiger partial charge is 0.262 e. The first kappa shape index (κ1) is 33.7. The van der Waals surface area contributed by atoms with Crippen molar-refractivity contribution in [2.45, 2.75) is 38.6 Å². The number of para-hydroxylation sites is 1. The molecule has 0 spiro atoms. The van der Waals surface area contributed by atoms with Crippen LogP contribution in [0.2, 0.25) is 0 Å². The first-order valence-electron chi connectivity index (χ1n) is 18.3. The van der Waals surface area contributed by atoms with Gasteiger partial charge in [-0.15, -0.1) is 0 Å². The Balaban J connectivity index is 0.760. The van der Waals surface area contributed by atoms with Crippen LogP contribution in [-0.4, -0.2) is 91.9 Å². The molecule has 6 heterocycles. The maximum atomic E-state index is 13.2. The molecule has 0 radical (unpaired) electrons. The molecule has 4 amide bonds. The molecule has 14 heteroatoms. The van der Waals surface area contributed by atoms with Gasteiger partial charge < -0.3 is 20.4 Å². The quantitative estimate of drug-likeness (QED) is 0.185. The van der Waals surface area contributed by atoms with E-state index in [2.05, 4.69) is 86.1 Å². The Morgan fingerprint density at radius 1 is 0.870 bits per heavy atom. The zero-order valence-corrected chi connectivity index (χ0v) is 30.3. The summed E-state index contributed by atoms with van der Waals surface area (Å²) in [6, 6.07) is 19.0. The molecule has 9 rings (SSSR count). The number of piperidine rings is 1. The van der Waals surface area contributed by atoms with Crippen molar-refractivity contribution in [2.75, 3.05) is 48.3 Å². The van der Waals surface area contributed by atoms with E-state index in [1.807, 2.05) is 19.2 Å². The van der Waals surface area contributed by atoms with Gasteiger partial charge >= 0.3 is 0 Å². The summed E-state index contributed by atoms with van der Waals surface area (Å²) in [6.45, 7) is 8.92. The van der Waals surface area contributed by atoms with Crippen LogP contribution in [0.1, 0.15) is 56.2 Å². The normalized spacial score (nSPS) is 19.2. The number of anilines is 5. The highest BCUT2D eigenvalue weighted by molar-refractivity contribution is 6.23. The average molecular weight is 725 g/mol. The third-order valence-corrected chi connectivity index (χ3v) is 11.2. The van der Waals surface area contributed by atoms with E-state index in [0.29, 0.717) is 28.9 Å². The largest absolute Gasteiger partial charge is 0.371 e. The Morgan fingerprint density at radius 2 is 1.61 bits per heavy atom. The molecule has 274 valence electrons. The minimum Gasteiger partial charge on any atom is -0.371 e. The summed E-state index contributed by atoms with van der Waals surface area (Å²) in [5.74, 6) is 0.278. The molecule has 3 fully saturated rings. The molecule has 54 heavy (non-hydrogen) atoms. The molecule has 14 nitrogen and oxygen atoms in total. The molecule has 0 saturated carbocycles. The van der Waals surface area contributed by atoms with Gasteiger partial charge in [0.25, 0.3) is 11.8 Å². The van der Waals surface area contributed by atoms with Crippen molar-refractivity contribution in [3.63, 3.8) is 0 Å². The Labute approximate surface area is 311 Å². The Hall–Kier alpha value is -6.15. The summed E-state index contributed by atoms with van der Waals surface area (Å²) in [6.07, 6.45) is 2.05. The minimum atomic E-state index is -0.961. The van der Waals surface area contributed by atoms with E-state index >= 15 is 0 Å². The SMILES string of the molecule is Cc1cccc(C)c1Nc1nn(C)c2nc(Nc3ccc(C4CN(CC5CN(c6ccc7c(c6)C(=O)N(C6CCC(=O)NC6=O)C7=O)C5)C4)cc3)ncc12. The molecule has 2 aromatic heterocycles. The lowest BCUT2D eigenvalue weighted by Crippen LogP contribution is -2.55. The molecule has 0 aliphatic carbocycles. The van der Waals surface area contributed by atoms with Gasteiger partial charge in [0.15, 0.2) is 11.5 Å². The van der Waals surface area contributed by atoms with Gasteiger partial charge in [0, 0.05) is 81.3 Å². The zero-order valence-electron chi connectivity index (χ0n) is 30.3. The van der Waals surface area contributed by atoms with Crippen LogP contribution >= 0.6 is 0 Å². The molecule has 1 atom stereocenters.